The van der Waals surface area contributed by atoms with E-state index in [2.05, 4.69) is 4.98 Å². The molecule has 1 fully saturated rings. The number of rotatable bonds is 3. The lowest BCUT2D eigenvalue weighted by Crippen LogP contribution is -2.29. The van der Waals surface area contributed by atoms with Gasteiger partial charge in [-0.2, -0.15) is 0 Å². The molecule has 0 aromatic carbocycles. The largest absolute Gasteiger partial charge is 0.391 e. The summed E-state index contributed by atoms with van der Waals surface area (Å²) < 4.78 is 1.79. The van der Waals surface area contributed by atoms with Crippen molar-refractivity contribution in [3.05, 3.63) is 18.2 Å². The van der Waals surface area contributed by atoms with Crippen LogP contribution in [0.3, 0.4) is 0 Å². The number of imidazole rings is 1. The average molecular weight is 224 g/mol. The third-order valence-corrected chi connectivity index (χ3v) is 2.69. The van der Waals surface area contributed by atoms with Crippen LogP contribution in [-0.4, -0.2) is 51.2 Å². The number of aliphatic hydroxyl groups is 1. The Morgan fingerprint density at radius 1 is 1.69 bits per heavy atom. The third-order valence-electron chi connectivity index (χ3n) is 2.69. The normalized spacial score (nSPS) is 20.4. The maximum Gasteiger partial charge on any atom is 0.274 e. The molecule has 3 N–H and O–H groups in total. The summed E-state index contributed by atoms with van der Waals surface area (Å²) in [6.07, 6.45) is 3.55. The zero-order valence-corrected chi connectivity index (χ0v) is 9.04. The van der Waals surface area contributed by atoms with Crippen LogP contribution in [-0.2, 0) is 6.54 Å². The van der Waals surface area contributed by atoms with Crippen molar-refractivity contribution in [2.45, 2.75) is 19.1 Å². The van der Waals surface area contributed by atoms with Crippen LogP contribution in [0.5, 0.6) is 0 Å². The Morgan fingerprint density at radius 2 is 2.50 bits per heavy atom. The van der Waals surface area contributed by atoms with Crippen molar-refractivity contribution in [3.63, 3.8) is 0 Å². The van der Waals surface area contributed by atoms with Gasteiger partial charge in [-0.15, -0.1) is 0 Å². The summed E-state index contributed by atoms with van der Waals surface area (Å²) in [5, 5.41) is 9.35. The zero-order valence-electron chi connectivity index (χ0n) is 9.04. The molecule has 0 radical (unpaired) electrons. The summed E-state index contributed by atoms with van der Waals surface area (Å²) in [7, 11) is 0. The van der Waals surface area contributed by atoms with Crippen LogP contribution in [0.15, 0.2) is 12.5 Å². The molecule has 0 bridgehead atoms. The molecule has 1 aromatic heterocycles. The number of aliphatic hydroxyl groups excluding tert-OH is 1. The van der Waals surface area contributed by atoms with Crippen LogP contribution in [0.1, 0.15) is 16.9 Å². The molecule has 0 saturated carbocycles. The summed E-state index contributed by atoms with van der Waals surface area (Å²) in [6, 6.07) is 0. The molecule has 1 aliphatic rings. The van der Waals surface area contributed by atoms with Crippen molar-refractivity contribution in [1.82, 2.24) is 14.5 Å². The molecule has 88 valence electrons. The Balaban J connectivity index is 2.03. The number of nitrogens with zero attached hydrogens (tertiary/aromatic N) is 3. The van der Waals surface area contributed by atoms with E-state index in [0.717, 1.165) is 0 Å². The molecule has 0 aliphatic carbocycles. The van der Waals surface area contributed by atoms with Crippen molar-refractivity contribution in [2.75, 3.05) is 19.6 Å². The number of amides is 1. The fourth-order valence-corrected chi connectivity index (χ4v) is 1.83. The summed E-state index contributed by atoms with van der Waals surface area (Å²) in [5.74, 6) is -0.118. The van der Waals surface area contributed by atoms with Crippen LogP contribution in [0, 0.1) is 0 Å². The van der Waals surface area contributed by atoms with Crippen molar-refractivity contribution in [1.29, 1.82) is 0 Å². The van der Waals surface area contributed by atoms with Crippen LogP contribution in [0.4, 0.5) is 0 Å². The minimum atomic E-state index is -0.393. The standard InChI is InChI=1S/C10H16N4O2/c11-2-4-13-6-9(12-7-13)10(16)14-3-1-8(15)5-14/h6-8,15H,1-5,11H2. The minimum absolute atomic E-state index is 0.118. The Hall–Kier alpha value is -1.40. The first kappa shape index (κ1) is 11.1. The van der Waals surface area contributed by atoms with Gasteiger partial charge in [-0.05, 0) is 6.42 Å². The molecule has 2 heterocycles. The summed E-state index contributed by atoms with van der Waals surface area (Å²) >= 11 is 0. The number of aromatic nitrogens is 2. The second kappa shape index (κ2) is 4.63. The van der Waals surface area contributed by atoms with Gasteiger partial charge in [-0.25, -0.2) is 4.98 Å². The number of hydrogen-bond acceptors (Lipinski definition) is 4. The van der Waals surface area contributed by atoms with E-state index < -0.39 is 6.10 Å². The molecule has 1 atom stereocenters. The SMILES string of the molecule is NCCn1cnc(C(=O)N2CCC(O)C2)c1. The Morgan fingerprint density at radius 3 is 3.12 bits per heavy atom. The van der Waals surface area contributed by atoms with Crippen molar-refractivity contribution < 1.29 is 9.90 Å². The number of nitrogens with two attached hydrogens (primary N) is 1. The predicted molar refractivity (Wildman–Crippen MR) is 57.8 cm³/mol. The highest BCUT2D eigenvalue weighted by molar-refractivity contribution is 5.92. The fraction of sp³-hybridized carbons (Fsp3) is 0.600. The molecule has 1 amide bonds. The van der Waals surface area contributed by atoms with Gasteiger partial charge in [-0.3, -0.25) is 4.79 Å². The second-order valence-electron chi connectivity index (χ2n) is 3.98. The lowest BCUT2D eigenvalue weighted by molar-refractivity contribution is 0.0759. The van der Waals surface area contributed by atoms with E-state index in [1.54, 1.807) is 22.0 Å². The van der Waals surface area contributed by atoms with Gasteiger partial charge in [0.05, 0.1) is 12.4 Å². The monoisotopic (exact) mass is 224 g/mol. The molecule has 1 saturated heterocycles. The molecule has 2 rings (SSSR count). The van der Waals surface area contributed by atoms with E-state index in [1.807, 2.05) is 0 Å². The highest BCUT2D eigenvalue weighted by atomic mass is 16.3. The van der Waals surface area contributed by atoms with E-state index in [-0.39, 0.29) is 5.91 Å². The third kappa shape index (κ3) is 2.23. The van der Waals surface area contributed by atoms with Crippen LogP contribution < -0.4 is 5.73 Å². The van der Waals surface area contributed by atoms with Gasteiger partial charge in [0.2, 0.25) is 0 Å². The Kier molecular flexibility index (Phi) is 3.21. The molecule has 16 heavy (non-hydrogen) atoms. The van der Waals surface area contributed by atoms with Gasteiger partial charge in [0, 0.05) is 32.4 Å². The van der Waals surface area contributed by atoms with E-state index in [1.165, 1.54) is 0 Å². The summed E-state index contributed by atoms with van der Waals surface area (Å²) in [4.78, 5) is 17.6. The smallest absolute Gasteiger partial charge is 0.274 e. The van der Waals surface area contributed by atoms with Gasteiger partial charge in [0.1, 0.15) is 5.69 Å². The summed E-state index contributed by atoms with van der Waals surface area (Å²) in [6.45, 7) is 2.18. The predicted octanol–water partition coefficient (Wildman–Crippen LogP) is -0.951. The average Bonchev–Trinajstić information content (AvgIpc) is 2.87. The summed E-state index contributed by atoms with van der Waals surface area (Å²) in [5.41, 5.74) is 5.83. The van der Waals surface area contributed by atoms with E-state index in [9.17, 15) is 9.90 Å². The first-order chi connectivity index (χ1) is 7.70. The van der Waals surface area contributed by atoms with Crippen molar-refractivity contribution >= 4 is 5.91 Å². The van der Waals surface area contributed by atoms with Gasteiger partial charge < -0.3 is 20.3 Å². The molecule has 6 nitrogen and oxygen atoms in total. The molecule has 1 aliphatic heterocycles. The van der Waals surface area contributed by atoms with Crippen LogP contribution >= 0.6 is 0 Å². The number of carbonyl (C=O) groups excluding carboxylic acids is 1. The number of hydrogen-bond donors (Lipinski definition) is 2. The minimum Gasteiger partial charge on any atom is -0.391 e. The molecule has 6 heteroatoms. The second-order valence-corrected chi connectivity index (χ2v) is 3.98. The number of carbonyl (C=O) groups is 1. The lowest BCUT2D eigenvalue weighted by atomic mass is 10.3. The molecular weight excluding hydrogens is 208 g/mol. The van der Waals surface area contributed by atoms with Gasteiger partial charge in [0.25, 0.3) is 5.91 Å². The molecule has 1 unspecified atom stereocenters. The quantitative estimate of drug-likeness (QED) is 0.693. The molecular formula is C10H16N4O2. The van der Waals surface area contributed by atoms with Gasteiger partial charge in [0.15, 0.2) is 0 Å². The van der Waals surface area contributed by atoms with E-state index in [0.29, 0.717) is 38.3 Å². The highest BCUT2D eigenvalue weighted by Crippen LogP contribution is 2.12. The maximum absolute atomic E-state index is 11.9. The Labute approximate surface area is 93.7 Å². The zero-order chi connectivity index (χ0) is 11.5. The maximum atomic E-state index is 11.9. The van der Waals surface area contributed by atoms with Crippen molar-refractivity contribution in [3.8, 4) is 0 Å². The first-order valence-corrected chi connectivity index (χ1v) is 5.40. The number of β-amino-alcohol motifs (C(OH)–C–C–N with tert-alkyl or cyclic N) is 1. The number of likely N-dealkylation sites (tertiary alicyclic amines) is 1. The molecule has 0 spiro atoms. The Bertz CT molecular complexity index is 377. The van der Waals surface area contributed by atoms with Gasteiger partial charge >= 0.3 is 0 Å². The fourth-order valence-electron chi connectivity index (χ4n) is 1.83. The highest BCUT2D eigenvalue weighted by Gasteiger charge is 2.26. The van der Waals surface area contributed by atoms with E-state index in [4.69, 9.17) is 5.73 Å². The first-order valence-electron chi connectivity index (χ1n) is 5.40. The van der Waals surface area contributed by atoms with Crippen LogP contribution in [0.25, 0.3) is 0 Å². The lowest BCUT2D eigenvalue weighted by Gasteiger charge is -2.13. The topological polar surface area (TPSA) is 84.4 Å². The molecule has 1 aromatic rings. The van der Waals surface area contributed by atoms with Crippen molar-refractivity contribution in [2.24, 2.45) is 5.73 Å². The van der Waals surface area contributed by atoms with Crippen LogP contribution in [0.2, 0.25) is 0 Å². The van der Waals surface area contributed by atoms with Gasteiger partial charge in [-0.1, -0.05) is 0 Å². The van der Waals surface area contributed by atoms with E-state index >= 15 is 0 Å².